The number of hydroxylamine groups is 1. The molecule has 1 rings (SSSR count). The molecule has 0 aliphatic rings. The Morgan fingerprint density at radius 1 is 1.21 bits per heavy atom. The monoisotopic (exact) mass is 195 g/mol. The minimum absolute atomic E-state index is 0.101. The Balaban J connectivity index is 2.68. The largest absolute Gasteiger partial charge is 0.508 e. The van der Waals surface area contributed by atoms with Crippen molar-refractivity contribution in [3.63, 3.8) is 0 Å². The van der Waals surface area contributed by atoms with Crippen LogP contribution in [0.25, 0.3) is 0 Å². The third kappa shape index (κ3) is 2.72. The first kappa shape index (κ1) is 11.0. The molecule has 78 valence electrons. The van der Waals surface area contributed by atoms with E-state index in [-0.39, 0.29) is 6.10 Å². The molecule has 0 spiro atoms. The van der Waals surface area contributed by atoms with Crippen LogP contribution in [0.3, 0.4) is 0 Å². The molecule has 14 heavy (non-hydrogen) atoms. The van der Waals surface area contributed by atoms with Gasteiger partial charge in [-0.2, -0.15) is 0 Å². The van der Waals surface area contributed by atoms with Crippen molar-refractivity contribution in [2.75, 3.05) is 7.05 Å². The first-order chi connectivity index (χ1) is 6.65. The second kappa shape index (κ2) is 4.98. The van der Waals surface area contributed by atoms with Crippen LogP contribution in [-0.4, -0.2) is 18.3 Å². The van der Waals surface area contributed by atoms with Gasteiger partial charge in [0.2, 0.25) is 0 Å². The summed E-state index contributed by atoms with van der Waals surface area (Å²) in [6.07, 6.45) is 0.101. The second-order valence-electron chi connectivity index (χ2n) is 3.41. The first-order valence-electron chi connectivity index (χ1n) is 4.76. The number of nitrogens with one attached hydrogen (secondary N) is 1. The Bertz CT molecular complexity index is 271. The van der Waals surface area contributed by atoms with Crippen LogP contribution in [0.5, 0.6) is 5.75 Å². The molecule has 0 saturated carbocycles. The summed E-state index contributed by atoms with van der Waals surface area (Å²) in [4.78, 5) is 5.28. The summed E-state index contributed by atoms with van der Waals surface area (Å²) in [6, 6.07) is 7.21. The van der Waals surface area contributed by atoms with E-state index < -0.39 is 0 Å². The van der Waals surface area contributed by atoms with Gasteiger partial charge in [-0.1, -0.05) is 19.1 Å². The average Bonchev–Trinajstić information content (AvgIpc) is 2.18. The topological polar surface area (TPSA) is 41.5 Å². The number of phenolic OH excluding ortho intramolecular Hbond substituents is 1. The molecule has 0 radical (unpaired) electrons. The van der Waals surface area contributed by atoms with Gasteiger partial charge in [0.15, 0.2) is 0 Å². The van der Waals surface area contributed by atoms with Crippen LogP contribution >= 0.6 is 0 Å². The van der Waals surface area contributed by atoms with Crippen molar-refractivity contribution < 1.29 is 9.94 Å². The van der Waals surface area contributed by atoms with Crippen molar-refractivity contribution >= 4 is 0 Å². The summed E-state index contributed by atoms with van der Waals surface area (Å²) in [5, 5.41) is 9.14. The maximum Gasteiger partial charge on any atom is 0.115 e. The normalized spacial score (nSPS) is 15.1. The minimum atomic E-state index is 0.101. The van der Waals surface area contributed by atoms with Crippen LogP contribution in [0.15, 0.2) is 24.3 Å². The Morgan fingerprint density at radius 3 is 2.29 bits per heavy atom. The van der Waals surface area contributed by atoms with Gasteiger partial charge in [-0.25, -0.2) is 5.48 Å². The van der Waals surface area contributed by atoms with E-state index in [1.165, 1.54) is 0 Å². The zero-order valence-electron chi connectivity index (χ0n) is 8.82. The highest BCUT2D eigenvalue weighted by Crippen LogP contribution is 2.22. The molecule has 0 fully saturated rings. The Kier molecular flexibility index (Phi) is 3.92. The number of phenols is 1. The van der Waals surface area contributed by atoms with Crippen molar-refractivity contribution in [2.24, 2.45) is 0 Å². The van der Waals surface area contributed by atoms with E-state index in [1.807, 2.05) is 19.1 Å². The van der Waals surface area contributed by atoms with Crippen molar-refractivity contribution in [3.05, 3.63) is 29.8 Å². The van der Waals surface area contributed by atoms with Gasteiger partial charge in [0.1, 0.15) is 5.75 Å². The summed E-state index contributed by atoms with van der Waals surface area (Å²) < 4.78 is 0. The molecule has 3 heteroatoms. The van der Waals surface area contributed by atoms with Gasteiger partial charge >= 0.3 is 0 Å². The van der Waals surface area contributed by atoms with Gasteiger partial charge in [-0.3, -0.25) is 4.84 Å². The molecular formula is C11H17NO2. The van der Waals surface area contributed by atoms with E-state index >= 15 is 0 Å². The van der Waals surface area contributed by atoms with Gasteiger partial charge in [0.05, 0.1) is 6.10 Å². The van der Waals surface area contributed by atoms with Crippen molar-refractivity contribution in [1.29, 1.82) is 0 Å². The molecule has 1 aromatic rings. The van der Waals surface area contributed by atoms with E-state index in [2.05, 4.69) is 12.4 Å². The highest BCUT2D eigenvalue weighted by atomic mass is 16.7. The standard InChI is InChI=1S/C11H17NO2/c1-8(9(2)14-12-3)10-4-6-11(13)7-5-10/h4-9,12-13H,1-3H3. The lowest BCUT2D eigenvalue weighted by Gasteiger charge is -2.19. The predicted molar refractivity (Wildman–Crippen MR) is 56.1 cm³/mol. The minimum Gasteiger partial charge on any atom is -0.508 e. The summed E-state index contributed by atoms with van der Waals surface area (Å²) in [7, 11) is 1.75. The average molecular weight is 195 g/mol. The molecule has 3 nitrogen and oxygen atoms in total. The third-order valence-electron chi connectivity index (χ3n) is 2.43. The van der Waals surface area contributed by atoms with E-state index in [0.717, 1.165) is 5.56 Å². The zero-order chi connectivity index (χ0) is 10.6. The van der Waals surface area contributed by atoms with E-state index in [9.17, 15) is 0 Å². The van der Waals surface area contributed by atoms with Crippen LogP contribution < -0.4 is 5.48 Å². The van der Waals surface area contributed by atoms with Crippen LogP contribution in [0.2, 0.25) is 0 Å². The fraction of sp³-hybridized carbons (Fsp3) is 0.455. The fourth-order valence-electron chi connectivity index (χ4n) is 1.34. The third-order valence-corrected chi connectivity index (χ3v) is 2.43. The fourth-order valence-corrected chi connectivity index (χ4v) is 1.34. The number of hydrogen-bond donors (Lipinski definition) is 2. The van der Waals surface area contributed by atoms with Crippen LogP contribution in [0.1, 0.15) is 25.3 Å². The highest BCUT2D eigenvalue weighted by molar-refractivity contribution is 5.28. The molecule has 0 aliphatic heterocycles. The van der Waals surface area contributed by atoms with Gasteiger partial charge in [-0.05, 0) is 24.6 Å². The van der Waals surface area contributed by atoms with Crippen LogP contribution in [0.4, 0.5) is 0 Å². The van der Waals surface area contributed by atoms with Crippen LogP contribution in [0, 0.1) is 0 Å². The molecule has 0 amide bonds. The van der Waals surface area contributed by atoms with E-state index in [4.69, 9.17) is 9.94 Å². The van der Waals surface area contributed by atoms with Gasteiger partial charge in [-0.15, -0.1) is 0 Å². The zero-order valence-corrected chi connectivity index (χ0v) is 8.82. The lowest BCUT2D eigenvalue weighted by Crippen LogP contribution is -2.22. The van der Waals surface area contributed by atoms with Crippen molar-refractivity contribution in [2.45, 2.75) is 25.9 Å². The smallest absolute Gasteiger partial charge is 0.115 e. The summed E-state index contributed by atoms with van der Waals surface area (Å²) in [5.41, 5.74) is 3.84. The Hall–Kier alpha value is -1.06. The quantitative estimate of drug-likeness (QED) is 0.722. The van der Waals surface area contributed by atoms with Crippen molar-refractivity contribution in [1.82, 2.24) is 5.48 Å². The Morgan fingerprint density at radius 2 is 1.79 bits per heavy atom. The number of rotatable bonds is 4. The van der Waals surface area contributed by atoms with E-state index in [0.29, 0.717) is 11.7 Å². The molecule has 0 aliphatic carbocycles. The molecule has 0 heterocycles. The molecule has 0 bridgehead atoms. The van der Waals surface area contributed by atoms with Crippen molar-refractivity contribution in [3.8, 4) is 5.75 Å². The number of hydrogen-bond acceptors (Lipinski definition) is 3. The molecule has 0 aromatic heterocycles. The Labute approximate surface area is 84.7 Å². The highest BCUT2D eigenvalue weighted by Gasteiger charge is 2.14. The first-order valence-corrected chi connectivity index (χ1v) is 4.76. The lowest BCUT2D eigenvalue weighted by atomic mass is 9.96. The number of benzene rings is 1. The van der Waals surface area contributed by atoms with Gasteiger partial charge in [0.25, 0.3) is 0 Å². The van der Waals surface area contributed by atoms with Gasteiger partial charge < -0.3 is 5.11 Å². The summed E-state index contributed by atoms with van der Waals surface area (Å²) in [6.45, 7) is 4.10. The summed E-state index contributed by atoms with van der Waals surface area (Å²) >= 11 is 0. The van der Waals surface area contributed by atoms with Crippen LogP contribution in [-0.2, 0) is 4.84 Å². The molecule has 0 saturated heterocycles. The molecule has 2 atom stereocenters. The summed E-state index contributed by atoms with van der Waals surface area (Å²) in [5.74, 6) is 0.589. The maximum atomic E-state index is 9.14. The van der Waals surface area contributed by atoms with Gasteiger partial charge in [0, 0.05) is 13.0 Å². The van der Waals surface area contributed by atoms with E-state index in [1.54, 1.807) is 19.2 Å². The SMILES string of the molecule is CNOC(C)C(C)c1ccc(O)cc1. The molecule has 2 N–H and O–H groups in total. The maximum absolute atomic E-state index is 9.14. The predicted octanol–water partition coefficient (Wildman–Crippen LogP) is 2.04. The molecule has 1 aromatic carbocycles. The molecular weight excluding hydrogens is 178 g/mol. The molecule has 2 unspecified atom stereocenters. The second-order valence-corrected chi connectivity index (χ2v) is 3.41. The number of aromatic hydroxyl groups is 1. The lowest BCUT2D eigenvalue weighted by molar-refractivity contribution is -0.0131.